The summed E-state index contributed by atoms with van der Waals surface area (Å²) in [4.78, 5) is 12.6. The Balaban J connectivity index is 2.44. The van der Waals surface area contributed by atoms with Crippen molar-refractivity contribution in [3.8, 4) is 0 Å². The molecule has 0 atom stereocenters. The van der Waals surface area contributed by atoms with Gasteiger partial charge in [-0.25, -0.2) is 8.42 Å². The lowest BCUT2D eigenvalue weighted by molar-refractivity contribution is -0.121. The molecule has 0 radical (unpaired) electrons. The number of nitrogens with zero attached hydrogens (tertiary/aromatic N) is 1. The lowest BCUT2D eigenvalue weighted by Crippen LogP contribution is -2.41. The summed E-state index contributed by atoms with van der Waals surface area (Å²) in [7, 11) is -3.84. The molecule has 0 aliphatic rings. The Morgan fingerprint density at radius 3 is 2.07 bits per heavy atom. The molecule has 0 saturated heterocycles. The van der Waals surface area contributed by atoms with E-state index in [1.54, 1.807) is 13.8 Å². The largest absolute Gasteiger partial charge is 0.355 e. The maximum Gasteiger partial charge on any atom is 0.244 e. The highest BCUT2D eigenvalue weighted by molar-refractivity contribution is 7.89. The number of nitrogens with one attached hydrogen (secondary N) is 1. The number of aryl methyl sites for hydroxylation is 4. The second-order valence-corrected chi connectivity index (χ2v) is 9.21. The molecule has 0 heterocycles. The minimum Gasteiger partial charge on any atom is -0.355 e. The highest BCUT2D eigenvalue weighted by Crippen LogP contribution is 2.26. The molecule has 0 aliphatic heterocycles. The van der Waals surface area contributed by atoms with Crippen LogP contribution in [0.3, 0.4) is 0 Å². The van der Waals surface area contributed by atoms with Crippen molar-refractivity contribution in [2.75, 3.05) is 13.1 Å². The van der Waals surface area contributed by atoms with E-state index in [1.165, 1.54) is 4.31 Å². The summed E-state index contributed by atoms with van der Waals surface area (Å²) < 4.78 is 28.3. The molecule has 152 valence electrons. The zero-order valence-electron chi connectivity index (χ0n) is 17.4. The van der Waals surface area contributed by atoms with Crippen LogP contribution in [-0.4, -0.2) is 31.7 Å². The Morgan fingerprint density at radius 2 is 1.54 bits per heavy atom. The van der Waals surface area contributed by atoms with Gasteiger partial charge in [0.05, 0.1) is 11.4 Å². The molecule has 6 heteroatoms. The fourth-order valence-electron chi connectivity index (χ4n) is 3.31. The van der Waals surface area contributed by atoms with Crippen molar-refractivity contribution in [2.45, 2.75) is 52.5 Å². The van der Waals surface area contributed by atoms with Gasteiger partial charge in [0.25, 0.3) is 0 Å². The SMILES string of the molecule is CCCNC(=O)CN(Cc1ccc(C)cc1)S(=O)(=O)c1c(C)cc(C)cc1C. The number of carbonyl (C=O) groups excluding carboxylic acids is 1. The van der Waals surface area contributed by atoms with Crippen molar-refractivity contribution in [1.82, 2.24) is 9.62 Å². The van der Waals surface area contributed by atoms with Crippen molar-refractivity contribution in [2.24, 2.45) is 0 Å². The second-order valence-electron chi connectivity index (χ2n) is 7.34. The maximum atomic E-state index is 13.5. The summed E-state index contributed by atoms with van der Waals surface area (Å²) in [5, 5.41) is 2.77. The average molecular weight is 403 g/mol. The Bertz CT molecular complexity index is 912. The summed E-state index contributed by atoms with van der Waals surface area (Å²) in [6.45, 7) is 9.95. The standard InChI is InChI=1S/C22H30N2O3S/c1-6-11-23-21(25)15-24(14-20-9-7-16(2)8-10-20)28(26,27)22-18(4)12-17(3)13-19(22)5/h7-10,12-13H,6,11,14-15H2,1-5H3,(H,23,25). The Labute approximate surface area is 168 Å². The van der Waals surface area contributed by atoms with Crippen LogP contribution in [0.5, 0.6) is 0 Å². The van der Waals surface area contributed by atoms with Crippen molar-refractivity contribution >= 4 is 15.9 Å². The molecule has 2 rings (SSSR count). The number of amides is 1. The normalized spacial score (nSPS) is 11.6. The first-order valence-electron chi connectivity index (χ1n) is 9.55. The predicted molar refractivity (Wildman–Crippen MR) is 113 cm³/mol. The van der Waals surface area contributed by atoms with Gasteiger partial charge in [-0.3, -0.25) is 4.79 Å². The van der Waals surface area contributed by atoms with Crippen molar-refractivity contribution in [3.05, 3.63) is 64.2 Å². The molecule has 28 heavy (non-hydrogen) atoms. The molecule has 0 spiro atoms. The third kappa shape index (κ3) is 5.42. The van der Waals surface area contributed by atoms with Gasteiger partial charge in [-0.05, 0) is 50.8 Å². The van der Waals surface area contributed by atoms with E-state index in [-0.39, 0.29) is 23.9 Å². The monoisotopic (exact) mass is 402 g/mol. The predicted octanol–water partition coefficient (Wildman–Crippen LogP) is 3.64. The molecule has 5 nitrogen and oxygen atoms in total. The highest BCUT2D eigenvalue weighted by atomic mass is 32.2. The van der Waals surface area contributed by atoms with Crippen LogP contribution in [0.25, 0.3) is 0 Å². The van der Waals surface area contributed by atoms with E-state index >= 15 is 0 Å². The first-order valence-corrected chi connectivity index (χ1v) is 11.0. The zero-order valence-corrected chi connectivity index (χ0v) is 18.2. The van der Waals surface area contributed by atoms with E-state index in [1.807, 2.05) is 57.2 Å². The first kappa shape index (κ1) is 22.1. The van der Waals surface area contributed by atoms with Crippen LogP contribution in [0, 0.1) is 27.7 Å². The summed E-state index contributed by atoms with van der Waals surface area (Å²) in [6.07, 6.45) is 0.798. The van der Waals surface area contributed by atoms with Crippen LogP contribution in [0.1, 0.15) is 41.2 Å². The molecule has 0 saturated carbocycles. The quantitative estimate of drug-likeness (QED) is 0.733. The highest BCUT2D eigenvalue weighted by Gasteiger charge is 2.29. The molecular formula is C22H30N2O3S. The van der Waals surface area contributed by atoms with E-state index in [9.17, 15) is 13.2 Å². The van der Waals surface area contributed by atoms with Gasteiger partial charge < -0.3 is 5.32 Å². The molecule has 1 amide bonds. The lowest BCUT2D eigenvalue weighted by atomic mass is 10.1. The van der Waals surface area contributed by atoms with Crippen LogP contribution in [0.2, 0.25) is 0 Å². The Kier molecular flexibility index (Phi) is 7.38. The van der Waals surface area contributed by atoms with Crippen LogP contribution in [-0.2, 0) is 21.4 Å². The minimum atomic E-state index is -3.84. The number of sulfonamides is 1. The average Bonchev–Trinajstić information content (AvgIpc) is 2.60. The van der Waals surface area contributed by atoms with Crippen LogP contribution in [0.4, 0.5) is 0 Å². The lowest BCUT2D eigenvalue weighted by Gasteiger charge is -2.24. The third-order valence-corrected chi connectivity index (χ3v) is 6.67. The van der Waals surface area contributed by atoms with Crippen molar-refractivity contribution in [3.63, 3.8) is 0 Å². The van der Waals surface area contributed by atoms with Crippen molar-refractivity contribution < 1.29 is 13.2 Å². The van der Waals surface area contributed by atoms with Gasteiger partial charge >= 0.3 is 0 Å². The molecule has 0 aliphatic carbocycles. The number of hydrogen-bond acceptors (Lipinski definition) is 3. The molecule has 0 fully saturated rings. The molecule has 2 aromatic rings. The van der Waals surface area contributed by atoms with Crippen molar-refractivity contribution in [1.29, 1.82) is 0 Å². The van der Waals surface area contributed by atoms with Gasteiger partial charge in [-0.15, -0.1) is 0 Å². The third-order valence-electron chi connectivity index (χ3n) is 4.57. The molecule has 0 unspecified atom stereocenters. The smallest absolute Gasteiger partial charge is 0.244 e. The number of benzene rings is 2. The van der Waals surface area contributed by atoms with Crippen LogP contribution < -0.4 is 5.32 Å². The Morgan fingerprint density at radius 1 is 0.964 bits per heavy atom. The fraction of sp³-hybridized carbons (Fsp3) is 0.409. The fourth-order valence-corrected chi connectivity index (χ4v) is 5.10. The topological polar surface area (TPSA) is 66.5 Å². The van der Waals surface area contributed by atoms with Gasteiger partial charge in [0.1, 0.15) is 0 Å². The summed E-state index contributed by atoms with van der Waals surface area (Å²) in [5.74, 6) is -0.292. The van der Waals surface area contributed by atoms with Crippen LogP contribution >= 0.6 is 0 Å². The molecule has 0 aromatic heterocycles. The van der Waals surface area contributed by atoms with Gasteiger partial charge in [0.2, 0.25) is 15.9 Å². The van der Waals surface area contributed by atoms with E-state index in [0.717, 1.165) is 23.1 Å². The number of hydrogen-bond donors (Lipinski definition) is 1. The molecule has 1 N–H and O–H groups in total. The van der Waals surface area contributed by atoms with Crippen LogP contribution in [0.15, 0.2) is 41.3 Å². The summed E-state index contributed by atoms with van der Waals surface area (Å²) in [5.41, 5.74) is 4.35. The van der Waals surface area contributed by atoms with Gasteiger partial charge in [-0.2, -0.15) is 4.31 Å². The number of carbonyl (C=O) groups is 1. The van der Waals surface area contributed by atoms with E-state index in [2.05, 4.69) is 5.32 Å². The van der Waals surface area contributed by atoms with E-state index < -0.39 is 10.0 Å². The van der Waals surface area contributed by atoms with E-state index in [4.69, 9.17) is 0 Å². The van der Waals surface area contributed by atoms with Gasteiger partial charge in [-0.1, -0.05) is 54.4 Å². The van der Waals surface area contributed by atoms with E-state index in [0.29, 0.717) is 17.7 Å². The summed E-state index contributed by atoms with van der Waals surface area (Å²) in [6, 6.07) is 11.4. The second kappa shape index (κ2) is 9.34. The number of rotatable bonds is 8. The first-order chi connectivity index (χ1) is 13.1. The minimum absolute atomic E-state index is 0.148. The van der Waals surface area contributed by atoms with Gasteiger partial charge in [0.15, 0.2) is 0 Å². The molecule has 2 aromatic carbocycles. The van der Waals surface area contributed by atoms with Gasteiger partial charge in [0, 0.05) is 13.1 Å². The maximum absolute atomic E-state index is 13.5. The molecular weight excluding hydrogens is 372 g/mol. The molecule has 0 bridgehead atoms. The zero-order chi connectivity index (χ0) is 20.9. The Hall–Kier alpha value is -2.18. The summed E-state index contributed by atoms with van der Waals surface area (Å²) >= 11 is 0.